The van der Waals surface area contributed by atoms with E-state index in [1.54, 1.807) is 13.8 Å². The Morgan fingerprint density at radius 3 is 2.57 bits per heavy atom. The van der Waals surface area contributed by atoms with Crippen LogP contribution in [0.25, 0.3) is 0 Å². The highest BCUT2D eigenvalue weighted by molar-refractivity contribution is 5.77. The van der Waals surface area contributed by atoms with E-state index in [-0.39, 0.29) is 5.91 Å². The molecule has 1 aliphatic rings. The minimum absolute atomic E-state index is 0.0274. The number of carbonyl (C=O) groups excluding carboxylic acids is 1. The van der Waals surface area contributed by atoms with Gasteiger partial charge >= 0.3 is 5.97 Å². The summed E-state index contributed by atoms with van der Waals surface area (Å²) >= 11 is 0. The molecule has 21 heavy (non-hydrogen) atoms. The molecule has 1 aliphatic carbocycles. The van der Waals surface area contributed by atoms with Gasteiger partial charge in [0.15, 0.2) is 0 Å². The van der Waals surface area contributed by atoms with E-state index in [1.165, 1.54) is 5.56 Å². The van der Waals surface area contributed by atoms with Gasteiger partial charge in [-0.05, 0) is 44.1 Å². The van der Waals surface area contributed by atoms with E-state index in [0.29, 0.717) is 31.2 Å². The molecule has 2 rings (SSSR count). The number of carboxylic acids is 1. The summed E-state index contributed by atoms with van der Waals surface area (Å²) in [5, 5.41) is 11.8. The molecule has 0 aliphatic heterocycles. The fraction of sp³-hybridized carbons (Fsp3) is 0.529. The number of carbonyl (C=O) groups is 2. The van der Waals surface area contributed by atoms with E-state index in [4.69, 9.17) is 5.11 Å². The number of carboxylic acid groups (broad SMARTS) is 1. The summed E-state index contributed by atoms with van der Waals surface area (Å²) in [6.45, 7) is 3.77. The van der Waals surface area contributed by atoms with Crippen LogP contribution in [0.15, 0.2) is 30.3 Å². The largest absolute Gasteiger partial charge is 0.481 e. The highest BCUT2D eigenvalue weighted by Gasteiger charge is 2.39. The van der Waals surface area contributed by atoms with Crippen LogP contribution in [0.5, 0.6) is 0 Å². The molecule has 0 spiro atoms. The van der Waals surface area contributed by atoms with Crippen molar-refractivity contribution in [1.29, 1.82) is 0 Å². The molecule has 1 aromatic carbocycles. The van der Waals surface area contributed by atoms with Gasteiger partial charge in [-0.25, -0.2) is 0 Å². The van der Waals surface area contributed by atoms with Crippen LogP contribution in [0.1, 0.15) is 44.6 Å². The lowest BCUT2D eigenvalue weighted by Crippen LogP contribution is -2.32. The SMILES string of the molecule is CC(C)(CCNC(=O)C[C@@H]1C[C@H]1c1ccccc1)C(=O)O. The van der Waals surface area contributed by atoms with Gasteiger partial charge in [-0.3, -0.25) is 9.59 Å². The summed E-state index contributed by atoms with van der Waals surface area (Å²) in [6, 6.07) is 10.3. The second-order valence-corrected chi connectivity index (χ2v) is 6.51. The maximum absolute atomic E-state index is 11.9. The molecular weight excluding hydrogens is 266 g/mol. The fourth-order valence-corrected chi connectivity index (χ4v) is 2.51. The van der Waals surface area contributed by atoms with Gasteiger partial charge in [-0.15, -0.1) is 0 Å². The molecule has 0 bridgehead atoms. The third-order valence-corrected chi connectivity index (χ3v) is 4.25. The Morgan fingerprint density at radius 1 is 1.29 bits per heavy atom. The van der Waals surface area contributed by atoms with Crippen LogP contribution >= 0.6 is 0 Å². The molecular formula is C17H23NO3. The zero-order valence-electron chi connectivity index (χ0n) is 12.6. The molecule has 1 aromatic rings. The Labute approximate surface area is 125 Å². The molecule has 0 heterocycles. The molecule has 1 saturated carbocycles. The zero-order valence-corrected chi connectivity index (χ0v) is 12.6. The van der Waals surface area contributed by atoms with Crippen molar-refractivity contribution in [3.8, 4) is 0 Å². The van der Waals surface area contributed by atoms with Crippen molar-refractivity contribution >= 4 is 11.9 Å². The minimum atomic E-state index is -0.830. The Morgan fingerprint density at radius 2 is 1.95 bits per heavy atom. The first-order chi connectivity index (χ1) is 9.90. The maximum atomic E-state index is 11.9. The van der Waals surface area contributed by atoms with Gasteiger partial charge in [0.05, 0.1) is 5.41 Å². The summed E-state index contributed by atoms with van der Waals surface area (Å²) < 4.78 is 0. The smallest absolute Gasteiger partial charge is 0.309 e. The van der Waals surface area contributed by atoms with Crippen LogP contribution < -0.4 is 5.32 Å². The molecule has 0 aromatic heterocycles. The van der Waals surface area contributed by atoms with Crippen LogP contribution in [-0.4, -0.2) is 23.5 Å². The number of rotatable bonds is 7. The number of aliphatic carboxylic acids is 1. The lowest BCUT2D eigenvalue weighted by atomic mass is 9.90. The van der Waals surface area contributed by atoms with Gasteiger partial charge in [-0.1, -0.05) is 30.3 Å². The number of hydrogen-bond acceptors (Lipinski definition) is 2. The monoisotopic (exact) mass is 289 g/mol. The lowest BCUT2D eigenvalue weighted by Gasteiger charge is -2.18. The van der Waals surface area contributed by atoms with Crippen molar-refractivity contribution in [3.63, 3.8) is 0 Å². The van der Waals surface area contributed by atoms with Gasteiger partial charge < -0.3 is 10.4 Å². The van der Waals surface area contributed by atoms with Crippen molar-refractivity contribution in [2.75, 3.05) is 6.54 Å². The van der Waals surface area contributed by atoms with E-state index in [1.807, 2.05) is 18.2 Å². The summed E-state index contributed by atoms with van der Waals surface area (Å²) in [7, 11) is 0. The average Bonchev–Trinajstić information content (AvgIpc) is 3.18. The van der Waals surface area contributed by atoms with Crippen molar-refractivity contribution in [2.24, 2.45) is 11.3 Å². The molecule has 0 radical (unpaired) electrons. The number of benzene rings is 1. The molecule has 0 unspecified atom stereocenters. The van der Waals surface area contributed by atoms with Gasteiger partial charge in [0, 0.05) is 13.0 Å². The minimum Gasteiger partial charge on any atom is -0.481 e. The summed E-state index contributed by atoms with van der Waals surface area (Å²) in [6.07, 6.45) is 2.05. The van der Waals surface area contributed by atoms with E-state index < -0.39 is 11.4 Å². The molecule has 2 atom stereocenters. The predicted molar refractivity (Wildman–Crippen MR) is 81.0 cm³/mol. The van der Waals surface area contributed by atoms with Crippen LogP contribution in [-0.2, 0) is 9.59 Å². The summed E-state index contributed by atoms with van der Waals surface area (Å²) in [4.78, 5) is 22.8. The van der Waals surface area contributed by atoms with Gasteiger partial charge in [-0.2, -0.15) is 0 Å². The van der Waals surface area contributed by atoms with Crippen LogP contribution in [0.3, 0.4) is 0 Å². The first-order valence-electron chi connectivity index (χ1n) is 7.45. The number of nitrogens with one attached hydrogen (secondary N) is 1. The van der Waals surface area contributed by atoms with Crippen LogP contribution in [0.4, 0.5) is 0 Å². The zero-order chi connectivity index (χ0) is 15.5. The van der Waals surface area contributed by atoms with Gasteiger partial charge in [0.2, 0.25) is 5.91 Å². The highest BCUT2D eigenvalue weighted by atomic mass is 16.4. The summed E-state index contributed by atoms with van der Waals surface area (Å²) in [5.41, 5.74) is 0.515. The van der Waals surface area contributed by atoms with Crippen LogP contribution in [0.2, 0.25) is 0 Å². The van der Waals surface area contributed by atoms with Gasteiger partial charge in [0.1, 0.15) is 0 Å². The third-order valence-electron chi connectivity index (χ3n) is 4.25. The van der Waals surface area contributed by atoms with Crippen molar-refractivity contribution in [3.05, 3.63) is 35.9 Å². The van der Waals surface area contributed by atoms with Crippen molar-refractivity contribution in [1.82, 2.24) is 5.32 Å². The van der Waals surface area contributed by atoms with Crippen molar-refractivity contribution in [2.45, 2.75) is 39.0 Å². The van der Waals surface area contributed by atoms with E-state index in [0.717, 1.165) is 6.42 Å². The second kappa shape index (κ2) is 6.29. The quantitative estimate of drug-likeness (QED) is 0.811. The predicted octanol–water partition coefficient (Wildman–Crippen LogP) is 2.80. The maximum Gasteiger partial charge on any atom is 0.309 e. The Hall–Kier alpha value is -1.84. The topological polar surface area (TPSA) is 66.4 Å². The molecule has 1 amide bonds. The molecule has 4 heteroatoms. The fourth-order valence-electron chi connectivity index (χ4n) is 2.51. The molecule has 0 saturated heterocycles. The Balaban J connectivity index is 1.69. The molecule has 4 nitrogen and oxygen atoms in total. The highest BCUT2D eigenvalue weighted by Crippen LogP contribution is 2.49. The molecule has 114 valence electrons. The lowest BCUT2D eigenvalue weighted by molar-refractivity contribution is -0.147. The normalized spacial score (nSPS) is 20.9. The Bertz CT molecular complexity index is 510. The van der Waals surface area contributed by atoms with E-state index in [9.17, 15) is 9.59 Å². The first kappa shape index (κ1) is 15.5. The third kappa shape index (κ3) is 4.31. The Kier molecular flexibility index (Phi) is 4.66. The average molecular weight is 289 g/mol. The molecule has 2 N–H and O–H groups in total. The van der Waals surface area contributed by atoms with Crippen molar-refractivity contribution < 1.29 is 14.7 Å². The van der Waals surface area contributed by atoms with E-state index >= 15 is 0 Å². The van der Waals surface area contributed by atoms with Crippen LogP contribution in [0, 0.1) is 11.3 Å². The second-order valence-electron chi connectivity index (χ2n) is 6.51. The summed E-state index contributed by atoms with van der Waals surface area (Å²) in [5.74, 6) is 0.134. The van der Waals surface area contributed by atoms with Gasteiger partial charge in [0.25, 0.3) is 0 Å². The number of amides is 1. The number of hydrogen-bond donors (Lipinski definition) is 2. The standard InChI is InChI=1S/C17H23NO3/c1-17(2,16(20)21)8-9-18-15(19)11-13-10-14(13)12-6-4-3-5-7-12/h3-7,13-14H,8-11H2,1-2H3,(H,18,19)(H,20,21)/t13-,14-/m0/s1. The van der Waals surface area contributed by atoms with E-state index in [2.05, 4.69) is 17.4 Å². The molecule has 1 fully saturated rings. The first-order valence-corrected chi connectivity index (χ1v) is 7.45.